The van der Waals surface area contributed by atoms with Crippen LogP contribution in [0.2, 0.25) is 0 Å². The molecule has 30 heavy (non-hydrogen) atoms. The number of fused-ring (bicyclic) bond motifs is 1. The Bertz CT molecular complexity index is 928. The lowest BCUT2D eigenvalue weighted by Crippen LogP contribution is -2.48. The second kappa shape index (κ2) is 9.22. The van der Waals surface area contributed by atoms with Crippen LogP contribution in [0.5, 0.6) is 0 Å². The molecule has 0 saturated carbocycles. The molecule has 1 amide bonds. The number of amides is 1. The third-order valence-electron chi connectivity index (χ3n) is 6.15. The van der Waals surface area contributed by atoms with E-state index in [1.54, 1.807) is 12.1 Å². The van der Waals surface area contributed by atoms with Crippen LogP contribution in [0.25, 0.3) is 10.9 Å². The predicted molar refractivity (Wildman–Crippen MR) is 114 cm³/mol. The predicted octanol–water partition coefficient (Wildman–Crippen LogP) is 1.53. The number of aryl methyl sites for hydroxylation is 1. The summed E-state index contributed by atoms with van der Waals surface area (Å²) in [7, 11) is 0. The average Bonchev–Trinajstić information content (AvgIpc) is 2.73. The maximum absolute atomic E-state index is 12.7. The van der Waals surface area contributed by atoms with Crippen LogP contribution < -0.4 is 5.56 Å². The van der Waals surface area contributed by atoms with Crippen molar-refractivity contribution in [2.24, 2.45) is 5.92 Å². The number of ether oxygens (including phenoxy) is 1. The van der Waals surface area contributed by atoms with Gasteiger partial charge in [0.1, 0.15) is 5.52 Å². The molecule has 2 unspecified atom stereocenters. The lowest BCUT2D eigenvalue weighted by Gasteiger charge is -2.39. The van der Waals surface area contributed by atoms with E-state index in [1.165, 1.54) is 4.68 Å². The van der Waals surface area contributed by atoms with E-state index in [2.05, 4.69) is 29.1 Å². The number of morpholine rings is 1. The highest BCUT2D eigenvalue weighted by Gasteiger charge is 2.27. The zero-order valence-corrected chi connectivity index (χ0v) is 17.9. The van der Waals surface area contributed by atoms with Crippen molar-refractivity contribution in [3.05, 3.63) is 34.6 Å². The average molecular weight is 414 g/mol. The van der Waals surface area contributed by atoms with Crippen molar-refractivity contribution < 1.29 is 9.53 Å². The fourth-order valence-electron chi connectivity index (χ4n) is 4.69. The molecule has 2 aliphatic rings. The van der Waals surface area contributed by atoms with Crippen molar-refractivity contribution >= 4 is 16.8 Å². The Kier molecular flexibility index (Phi) is 6.43. The van der Waals surface area contributed by atoms with E-state index in [4.69, 9.17) is 4.74 Å². The monoisotopic (exact) mass is 413 g/mol. The van der Waals surface area contributed by atoms with Gasteiger partial charge in [0.15, 0.2) is 0 Å². The van der Waals surface area contributed by atoms with Crippen LogP contribution in [0.3, 0.4) is 0 Å². The van der Waals surface area contributed by atoms with E-state index < -0.39 is 0 Å². The van der Waals surface area contributed by atoms with Crippen molar-refractivity contribution in [3.63, 3.8) is 0 Å². The first kappa shape index (κ1) is 20.9. The van der Waals surface area contributed by atoms with Gasteiger partial charge in [0.25, 0.3) is 5.56 Å². The summed E-state index contributed by atoms with van der Waals surface area (Å²) in [4.78, 5) is 29.6. The zero-order valence-electron chi connectivity index (χ0n) is 17.9. The van der Waals surface area contributed by atoms with E-state index in [1.807, 2.05) is 17.0 Å². The number of benzene rings is 1. The largest absolute Gasteiger partial charge is 0.373 e. The molecule has 8 heteroatoms. The molecule has 2 aliphatic heterocycles. The summed E-state index contributed by atoms with van der Waals surface area (Å²) >= 11 is 0. The summed E-state index contributed by atoms with van der Waals surface area (Å²) in [5.41, 5.74) is 0.386. The summed E-state index contributed by atoms with van der Waals surface area (Å²) in [6, 6.07) is 7.14. The number of carbonyl (C=O) groups excluding carboxylic acids is 1. The molecule has 0 bridgehead atoms. The van der Waals surface area contributed by atoms with Crippen LogP contribution in [-0.2, 0) is 16.1 Å². The number of nitrogens with zero attached hydrogens (tertiary/aromatic N) is 5. The number of likely N-dealkylation sites (tertiary alicyclic amines) is 1. The smallest absolute Gasteiger partial charge is 0.277 e. The Labute approximate surface area is 176 Å². The number of rotatable bonds is 5. The molecular weight excluding hydrogens is 382 g/mol. The molecule has 162 valence electrons. The Balaban J connectivity index is 1.26. The second-order valence-corrected chi connectivity index (χ2v) is 8.68. The highest BCUT2D eigenvalue weighted by Crippen LogP contribution is 2.21. The molecule has 2 aromatic rings. The van der Waals surface area contributed by atoms with E-state index in [9.17, 15) is 9.59 Å². The van der Waals surface area contributed by atoms with Crippen LogP contribution >= 0.6 is 0 Å². The van der Waals surface area contributed by atoms with Crippen molar-refractivity contribution in [2.75, 3.05) is 32.7 Å². The van der Waals surface area contributed by atoms with Gasteiger partial charge in [0.05, 0.1) is 24.1 Å². The number of hydrogen-bond donors (Lipinski definition) is 0. The molecule has 8 nitrogen and oxygen atoms in total. The number of carbonyl (C=O) groups is 1. The molecule has 4 rings (SSSR count). The lowest BCUT2D eigenvalue weighted by atomic mass is 9.95. The molecule has 1 aromatic carbocycles. The van der Waals surface area contributed by atoms with Crippen molar-refractivity contribution in [1.82, 2.24) is 24.8 Å². The summed E-state index contributed by atoms with van der Waals surface area (Å²) < 4.78 is 7.12. The standard InChI is InChI=1S/C22H31N5O3/c1-16-13-25(14-17(2)30-16)15-18-7-10-26(11-8-18)21(28)9-12-27-22(29)19-5-3-4-6-20(19)23-24-27/h3-6,16-18H,7-15H2,1-2H3. The van der Waals surface area contributed by atoms with Gasteiger partial charge in [0.2, 0.25) is 5.91 Å². The summed E-state index contributed by atoms with van der Waals surface area (Å²) in [6.45, 7) is 9.18. The molecule has 1 aromatic heterocycles. The Morgan fingerprint density at radius 1 is 1.13 bits per heavy atom. The number of hydrogen-bond acceptors (Lipinski definition) is 6. The Morgan fingerprint density at radius 3 is 2.57 bits per heavy atom. The molecule has 0 spiro atoms. The highest BCUT2D eigenvalue weighted by atomic mass is 16.5. The van der Waals surface area contributed by atoms with Gasteiger partial charge in [-0.1, -0.05) is 17.3 Å². The van der Waals surface area contributed by atoms with Crippen molar-refractivity contribution in [1.29, 1.82) is 0 Å². The van der Waals surface area contributed by atoms with Gasteiger partial charge < -0.3 is 9.64 Å². The fourth-order valence-corrected chi connectivity index (χ4v) is 4.69. The first-order valence-electron chi connectivity index (χ1n) is 11.0. The molecule has 0 aliphatic carbocycles. The first-order valence-corrected chi connectivity index (χ1v) is 11.0. The van der Waals surface area contributed by atoms with Gasteiger partial charge in [-0.3, -0.25) is 14.5 Å². The van der Waals surface area contributed by atoms with Gasteiger partial charge in [-0.2, -0.15) is 0 Å². The molecular formula is C22H31N5O3. The minimum absolute atomic E-state index is 0.0870. The maximum Gasteiger partial charge on any atom is 0.277 e. The minimum Gasteiger partial charge on any atom is -0.373 e. The third kappa shape index (κ3) is 4.87. The van der Waals surface area contributed by atoms with Gasteiger partial charge >= 0.3 is 0 Å². The van der Waals surface area contributed by atoms with Gasteiger partial charge in [0, 0.05) is 39.1 Å². The fraction of sp³-hybridized carbons (Fsp3) is 0.636. The molecule has 2 atom stereocenters. The van der Waals surface area contributed by atoms with Crippen LogP contribution in [-0.4, -0.2) is 75.6 Å². The zero-order chi connectivity index (χ0) is 21.1. The normalized spacial score (nSPS) is 23.7. The first-order chi connectivity index (χ1) is 14.5. The van der Waals surface area contributed by atoms with Crippen LogP contribution in [0.15, 0.2) is 29.1 Å². The molecule has 2 saturated heterocycles. The Hall–Kier alpha value is -2.32. The Morgan fingerprint density at radius 2 is 1.83 bits per heavy atom. The SMILES string of the molecule is CC1CN(CC2CCN(C(=O)CCn3nnc4ccccc4c3=O)CC2)CC(C)O1. The van der Waals surface area contributed by atoms with Gasteiger partial charge in [-0.05, 0) is 44.7 Å². The lowest BCUT2D eigenvalue weighted by molar-refractivity contribution is -0.133. The highest BCUT2D eigenvalue weighted by molar-refractivity contribution is 5.77. The summed E-state index contributed by atoms with van der Waals surface area (Å²) in [5, 5.41) is 8.60. The molecule has 0 radical (unpaired) electrons. The molecule has 3 heterocycles. The minimum atomic E-state index is -0.193. The van der Waals surface area contributed by atoms with E-state index in [0.717, 1.165) is 45.6 Å². The summed E-state index contributed by atoms with van der Waals surface area (Å²) in [5.74, 6) is 0.712. The van der Waals surface area contributed by atoms with E-state index in [0.29, 0.717) is 16.8 Å². The van der Waals surface area contributed by atoms with Crippen molar-refractivity contribution in [3.8, 4) is 0 Å². The van der Waals surface area contributed by atoms with Crippen LogP contribution in [0, 0.1) is 5.92 Å². The van der Waals surface area contributed by atoms with Gasteiger partial charge in [-0.25, -0.2) is 4.68 Å². The topological polar surface area (TPSA) is 80.6 Å². The molecule has 2 fully saturated rings. The number of aromatic nitrogens is 3. The van der Waals surface area contributed by atoms with Gasteiger partial charge in [-0.15, -0.1) is 5.10 Å². The number of piperidine rings is 1. The maximum atomic E-state index is 12.7. The third-order valence-corrected chi connectivity index (χ3v) is 6.15. The van der Waals surface area contributed by atoms with Crippen LogP contribution in [0.4, 0.5) is 0 Å². The van der Waals surface area contributed by atoms with E-state index >= 15 is 0 Å². The quantitative estimate of drug-likeness (QED) is 0.740. The summed E-state index contributed by atoms with van der Waals surface area (Å²) in [6.07, 6.45) is 2.91. The van der Waals surface area contributed by atoms with Crippen LogP contribution in [0.1, 0.15) is 33.1 Å². The molecule has 0 N–H and O–H groups in total. The van der Waals surface area contributed by atoms with E-state index in [-0.39, 0.29) is 36.6 Å². The van der Waals surface area contributed by atoms with Crippen molar-refractivity contribution in [2.45, 2.75) is 51.9 Å². The second-order valence-electron chi connectivity index (χ2n) is 8.68.